The lowest BCUT2D eigenvalue weighted by atomic mass is 9.88. The highest BCUT2D eigenvalue weighted by molar-refractivity contribution is 5.56. The number of benzene rings is 1. The van der Waals surface area contributed by atoms with Gasteiger partial charge in [-0.05, 0) is 24.6 Å². The molecule has 120 valence electrons. The molecule has 1 aromatic carbocycles. The van der Waals surface area contributed by atoms with Crippen molar-refractivity contribution in [3.63, 3.8) is 0 Å². The average molecular weight is 295 g/mol. The molecule has 1 N–H and O–H groups in total. The van der Waals surface area contributed by atoms with Crippen molar-refractivity contribution in [3.8, 4) is 17.2 Å². The molecule has 0 saturated carbocycles. The second kappa shape index (κ2) is 8.78. The van der Waals surface area contributed by atoms with E-state index in [2.05, 4.69) is 32.2 Å². The largest absolute Gasteiger partial charge is 0.493 e. The molecule has 1 rings (SSSR count). The lowest BCUT2D eigenvalue weighted by Crippen LogP contribution is -2.28. The van der Waals surface area contributed by atoms with E-state index in [0.717, 1.165) is 30.7 Å². The zero-order valence-corrected chi connectivity index (χ0v) is 14.2. The summed E-state index contributed by atoms with van der Waals surface area (Å²) >= 11 is 0. The third-order valence-electron chi connectivity index (χ3n) is 4.01. The van der Waals surface area contributed by atoms with Crippen molar-refractivity contribution in [2.24, 2.45) is 5.92 Å². The number of rotatable bonds is 9. The Hall–Kier alpha value is -1.42. The molecule has 0 spiro atoms. The van der Waals surface area contributed by atoms with E-state index in [9.17, 15) is 0 Å². The minimum Gasteiger partial charge on any atom is -0.493 e. The number of hydrogen-bond donors (Lipinski definition) is 1. The fraction of sp³-hybridized carbons (Fsp3) is 0.647. The number of nitrogens with one attached hydrogen (secondary N) is 1. The minimum atomic E-state index is 0.250. The summed E-state index contributed by atoms with van der Waals surface area (Å²) in [7, 11) is 4.96. The van der Waals surface area contributed by atoms with Crippen LogP contribution < -0.4 is 19.5 Å². The molecule has 0 aromatic heterocycles. The van der Waals surface area contributed by atoms with E-state index in [0.29, 0.717) is 17.4 Å². The first kappa shape index (κ1) is 17.6. The van der Waals surface area contributed by atoms with Crippen LogP contribution in [0.4, 0.5) is 0 Å². The molecule has 0 aliphatic carbocycles. The maximum atomic E-state index is 5.63. The highest BCUT2D eigenvalue weighted by Gasteiger charge is 2.26. The number of ether oxygens (including phenoxy) is 3. The van der Waals surface area contributed by atoms with Crippen LogP contribution in [0.15, 0.2) is 12.1 Å². The molecule has 0 bridgehead atoms. The summed E-state index contributed by atoms with van der Waals surface area (Å²) in [6.07, 6.45) is 2.23. The second-order valence-corrected chi connectivity index (χ2v) is 5.04. The first-order valence-electron chi connectivity index (χ1n) is 7.70. The highest BCUT2D eigenvalue weighted by Crippen LogP contribution is 2.44. The molecule has 21 heavy (non-hydrogen) atoms. The van der Waals surface area contributed by atoms with Crippen molar-refractivity contribution in [1.29, 1.82) is 0 Å². The van der Waals surface area contributed by atoms with E-state index >= 15 is 0 Å². The molecule has 0 fully saturated rings. The van der Waals surface area contributed by atoms with Gasteiger partial charge in [0.05, 0.1) is 21.3 Å². The van der Waals surface area contributed by atoms with E-state index in [-0.39, 0.29) is 6.04 Å². The summed E-state index contributed by atoms with van der Waals surface area (Å²) in [5.41, 5.74) is 1.13. The molecule has 0 aliphatic heterocycles. The van der Waals surface area contributed by atoms with Crippen LogP contribution in [0, 0.1) is 5.92 Å². The Kier molecular flexibility index (Phi) is 7.37. The van der Waals surface area contributed by atoms with Crippen LogP contribution in [0.2, 0.25) is 0 Å². The maximum Gasteiger partial charge on any atom is 0.203 e. The Bertz CT molecular complexity index is 430. The van der Waals surface area contributed by atoms with Crippen molar-refractivity contribution in [2.45, 2.75) is 39.7 Å². The predicted molar refractivity (Wildman–Crippen MR) is 86.6 cm³/mol. The van der Waals surface area contributed by atoms with Crippen LogP contribution in [-0.4, -0.2) is 27.9 Å². The summed E-state index contributed by atoms with van der Waals surface area (Å²) in [4.78, 5) is 0. The second-order valence-electron chi connectivity index (χ2n) is 5.04. The molecule has 1 atom stereocenters. The molecule has 0 heterocycles. The SMILES string of the molecule is CCNC(c1ccc(OC)c(OC)c1OC)C(CC)CC. The van der Waals surface area contributed by atoms with E-state index in [1.807, 2.05) is 6.07 Å². The molecule has 0 aliphatic rings. The minimum absolute atomic E-state index is 0.250. The fourth-order valence-corrected chi connectivity index (χ4v) is 2.88. The fourth-order valence-electron chi connectivity index (χ4n) is 2.88. The highest BCUT2D eigenvalue weighted by atomic mass is 16.5. The van der Waals surface area contributed by atoms with Gasteiger partial charge in [-0.25, -0.2) is 0 Å². The third kappa shape index (κ3) is 3.82. The van der Waals surface area contributed by atoms with E-state index in [1.54, 1.807) is 21.3 Å². The van der Waals surface area contributed by atoms with Crippen LogP contribution in [-0.2, 0) is 0 Å². The van der Waals surface area contributed by atoms with Crippen LogP contribution in [0.1, 0.15) is 45.2 Å². The zero-order valence-electron chi connectivity index (χ0n) is 14.2. The van der Waals surface area contributed by atoms with E-state index in [1.165, 1.54) is 0 Å². The molecule has 1 unspecified atom stereocenters. The number of hydrogen-bond acceptors (Lipinski definition) is 4. The van der Waals surface area contributed by atoms with Crippen LogP contribution in [0.3, 0.4) is 0 Å². The van der Waals surface area contributed by atoms with Gasteiger partial charge in [-0.15, -0.1) is 0 Å². The molecular weight excluding hydrogens is 266 g/mol. The average Bonchev–Trinajstić information content (AvgIpc) is 2.53. The van der Waals surface area contributed by atoms with Gasteiger partial charge in [0.15, 0.2) is 11.5 Å². The first-order valence-corrected chi connectivity index (χ1v) is 7.70. The molecule has 4 heteroatoms. The Balaban J connectivity index is 3.36. The number of methoxy groups -OCH3 is 3. The lowest BCUT2D eigenvalue weighted by molar-refractivity contribution is 0.303. The van der Waals surface area contributed by atoms with Crippen molar-refractivity contribution in [2.75, 3.05) is 27.9 Å². The van der Waals surface area contributed by atoms with Crippen molar-refractivity contribution in [3.05, 3.63) is 17.7 Å². The normalized spacial score (nSPS) is 12.3. The lowest BCUT2D eigenvalue weighted by Gasteiger charge is -2.29. The Morgan fingerprint density at radius 2 is 1.52 bits per heavy atom. The van der Waals surface area contributed by atoms with E-state index in [4.69, 9.17) is 14.2 Å². The van der Waals surface area contributed by atoms with Crippen LogP contribution in [0.25, 0.3) is 0 Å². The smallest absolute Gasteiger partial charge is 0.203 e. The van der Waals surface area contributed by atoms with E-state index < -0.39 is 0 Å². The molecule has 1 aromatic rings. The van der Waals surface area contributed by atoms with Gasteiger partial charge >= 0.3 is 0 Å². The monoisotopic (exact) mass is 295 g/mol. The zero-order chi connectivity index (χ0) is 15.8. The summed E-state index contributed by atoms with van der Waals surface area (Å²) in [6, 6.07) is 4.27. The topological polar surface area (TPSA) is 39.7 Å². The molecule has 0 radical (unpaired) electrons. The van der Waals surface area contributed by atoms with Gasteiger partial charge in [0.25, 0.3) is 0 Å². The quantitative estimate of drug-likeness (QED) is 0.752. The van der Waals surface area contributed by atoms with Gasteiger partial charge in [0.2, 0.25) is 5.75 Å². The summed E-state index contributed by atoms with van der Waals surface area (Å²) in [6.45, 7) is 7.50. The molecule has 4 nitrogen and oxygen atoms in total. The van der Waals surface area contributed by atoms with Gasteiger partial charge in [-0.1, -0.05) is 33.6 Å². The molecule has 0 saturated heterocycles. The van der Waals surface area contributed by atoms with Gasteiger partial charge in [-0.2, -0.15) is 0 Å². The summed E-state index contributed by atoms with van der Waals surface area (Å²) < 4.78 is 16.5. The third-order valence-corrected chi connectivity index (χ3v) is 4.01. The predicted octanol–water partition coefficient (Wildman–Crippen LogP) is 3.80. The van der Waals surface area contributed by atoms with Gasteiger partial charge < -0.3 is 19.5 Å². The Labute approximate surface area is 128 Å². The van der Waals surface area contributed by atoms with Crippen LogP contribution in [0.5, 0.6) is 17.2 Å². The maximum absolute atomic E-state index is 5.63. The van der Waals surface area contributed by atoms with Crippen molar-refractivity contribution < 1.29 is 14.2 Å². The van der Waals surface area contributed by atoms with Crippen molar-refractivity contribution in [1.82, 2.24) is 5.32 Å². The van der Waals surface area contributed by atoms with Crippen molar-refractivity contribution >= 4 is 0 Å². The van der Waals surface area contributed by atoms with Gasteiger partial charge in [0.1, 0.15) is 0 Å². The summed E-state index contributed by atoms with van der Waals surface area (Å²) in [5.74, 6) is 2.66. The molecule has 0 amide bonds. The van der Waals surface area contributed by atoms with Crippen LogP contribution >= 0.6 is 0 Å². The first-order chi connectivity index (χ1) is 10.2. The summed E-state index contributed by atoms with van der Waals surface area (Å²) in [5, 5.41) is 3.59. The Morgan fingerprint density at radius 3 is 1.95 bits per heavy atom. The van der Waals surface area contributed by atoms with Gasteiger partial charge in [0, 0.05) is 11.6 Å². The Morgan fingerprint density at radius 1 is 0.905 bits per heavy atom. The molecular formula is C17H29NO3. The van der Waals surface area contributed by atoms with Gasteiger partial charge in [-0.3, -0.25) is 0 Å². The standard InChI is InChI=1S/C17H29NO3/c1-7-12(8-2)15(18-9-3)13-10-11-14(19-4)17(21-6)16(13)20-5/h10-12,15,18H,7-9H2,1-6H3.